The number of rotatable bonds is 6. The minimum absolute atomic E-state index is 0.724. The van der Waals surface area contributed by atoms with Crippen LogP contribution in [0, 0.1) is 5.92 Å². The minimum Gasteiger partial charge on any atom is -0.315 e. The molecule has 1 saturated heterocycles. The van der Waals surface area contributed by atoms with Crippen LogP contribution in [-0.4, -0.2) is 37.1 Å². The van der Waals surface area contributed by atoms with E-state index in [-0.39, 0.29) is 0 Å². The van der Waals surface area contributed by atoms with Crippen LogP contribution in [0.5, 0.6) is 0 Å². The summed E-state index contributed by atoms with van der Waals surface area (Å²) in [5, 5.41) is 3.57. The van der Waals surface area contributed by atoms with Gasteiger partial charge in [-0.3, -0.25) is 4.90 Å². The quantitative estimate of drug-likeness (QED) is 0.703. The predicted octanol–water partition coefficient (Wildman–Crippen LogP) is 2.11. The summed E-state index contributed by atoms with van der Waals surface area (Å²) in [7, 11) is 0. The van der Waals surface area contributed by atoms with Crippen molar-refractivity contribution >= 4 is 0 Å². The Balaban J connectivity index is 2.05. The highest BCUT2D eigenvalue weighted by Crippen LogP contribution is 2.10. The van der Waals surface area contributed by atoms with Gasteiger partial charge in [0, 0.05) is 12.6 Å². The van der Waals surface area contributed by atoms with E-state index in [4.69, 9.17) is 0 Å². The Morgan fingerprint density at radius 1 is 1.14 bits per heavy atom. The third-order valence-corrected chi connectivity index (χ3v) is 3.39. The molecular weight excluding hydrogens is 172 g/mol. The Bertz CT molecular complexity index is 141. The van der Waals surface area contributed by atoms with E-state index in [0.29, 0.717) is 0 Å². The summed E-state index contributed by atoms with van der Waals surface area (Å²) in [6.07, 6.45) is 4.08. The van der Waals surface area contributed by atoms with Gasteiger partial charge in [-0.1, -0.05) is 20.3 Å². The predicted molar refractivity (Wildman–Crippen MR) is 62.6 cm³/mol. The molecule has 1 aliphatic heterocycles. The smallest absolute Gasteiger partial charge is 0.0192 e. The Morgan fingerprint density at radius 3 is 2.36 bits per heavy atom. The monoisotopic (exact) mass is 198 g/mol. The molecule has 2 unspecified atom stereocenters. The summed E-state index contributed by atoms with van der Waals surface area (Å²) in [5.74, 6) is 0.820. The molecule has 84 valence electrons. The lowest BCUT2D eigenvalue weighted by Gasteiger charge is -2.24. The number of nitrogens with one attached hydrogen (secondary N) is 1. The molecule has 2 atom stereocenters. The molecule has 0 aromatic carbocycles. The fraction of sp³-hybridized carbons (Fsp3) is 1.00. The summed E-state index contributed by atoms with van der Waals surface area (Å²) in [5.41, 5.74) is 0. The van der Waals surface area contributed by atoms with Gasteiger partial charge < -0.3 is 5.32 Å². The first-order chi connectivity index (χ1) is 6.74. The zero-order chi connectivity index (χ0) is 10.4. The van der Waals surface area contributed by atoms with E-state index in [2.05, 4.69) is 31.0 Å². The van der Waals surface area contributed by atoms with Crippen LogP contribution >= 0.6 is 0 Å². The molecule has 0 aromatic rings. The molecule has 0 amide bonds. The van der Waals surface area contributed by atoms with E-state index in [1.54, 1.807) is 0 Å². The van der Waals surface area contributed by atoms with Crippen molar-refractivity contribution in [3.63, 3.8) is 0 Å². The van der Waals surface area contributed by atoms with E-state index in [9.17, 15) is 0 Å². The van der Waals surface area contributed by atoms with Crippen LogP contribution in [0.25, 0.3) is 0 Å². The third kappa shape index (κ3) is 3.97. The molecule has 0 aliphatic carbocycles. The van der Waals surface area contributed by atoms with Crippen molar-refractivity contribution in [1.82, 2.24) is 10.2 Å². The van der Waals surface area contributed by atoms with E-state index < -0.39 is 0 Å². The highest BCUT2D eigenvalue weighted by atomic mass is 15.2. The maximum atomic E-state index is 3.57. The molecule has 0 spiro atoms. The summed E-state index contributed by atoms with van der Waals surface area (Å²) >= 11 is 0. The van der Waals surface area contributed by atoms with Crippen molar-refractivity contribution < 1.29 is 0 Å². The number of nitrogens with zero attached hydrogens (tertiary/aromatic N) is 1. The summed E-state index contributed by atoms with van der Waals surface area (Å²) in [4.78, 5) is 2.60. The van der Waals surface area contributed by atoms with E-state index in [1.807, 2.05) is 0 Å². The van der Waals surface area contributed by atoms with Crippen molar-refractivity contribution in [3.05, 3.63) is 0 Å². The van der Waals surface area contributed by atoms with E-state index >= 15 is 0 Å². The van der Waals surface area contributed by atoms with Crippen LogP contribution in [0.2, 0.25) is 0 Å². The highest BCUT2D eigenvalue weighted by molar-refractivity contribution is 4.74. The number of likely N-dealkylation sites (tertiary alicyclic amines) is 1. The standard InChI is InChI=1S/C12H26N2/c1-4-11(2)9-13-10-12(3)14-7-5-6-8-14/h11-13H,4-10H2,1-3H3. The van der Waals surface area contributed by atoms with Gasteiger partial charge in [-0.15, -0.1) is 0 Å². The number of hydrogen-bond donors (Lipinski definition) is 1. The highest BCUT2D eigenvalue weighted by Gasteiger charge is 2.17. The second kappa shape index (κ2) is 6.41. The second-order valence-electron chi connectivity index (χ2n) is 4.76. The first-order valence-electron chi connectivity index (χ1n) is 6.18. The number of hydrogen-bond acceptors (Lipinski definition) is 2. The molecule has 1 rings (SSSR count). The molecule has 0 bridgehead atoms. The lowest BCUT2D eigenvalue weighted by atomic mass is 10.1. The lowest BCUT2D eigenvalue weighted by Crippen LogP contribution is -2.39. The van der Waals surface area contributed by atoms with Crippen molar-refractivity contribution in [3.8, 4) is 0 Å². The average molecular weight is 198 g/mol. The van der Waals surface area contributed by atoms with E-state index in [0.717, 1.165) is 18.5 Å². The Hall–Kier alpha value is -0.0800. The molecule has 1 fully saturated rings. The molecule has 2 nitrogen and oxygen atoms in total. The van der Waals surface area contributed by atoms with Crippen LogP contribution in [0.4, 0.5) is 0 Å². The van der Waals surface area contributed by atoms with Gasteiger partial charge in [0.05, 0.1) is 0 Å². The lowest BCUT2D eigenvalue weighted by molar-refractivity contribution is 0.249. The Kier molecular flexibility index (Phi) is 5.49. The van der Waals surface area contributed by atoms with Gasteiger partial charge in [-0.25, -0.2) is 0 Å². The molecule has 0 saturated carbocycles. The van der Waals surface area contributed by atoms with Crippen molar-refractivity contribution in [1.29, 1.82) is 0 Å². The summed E-state index contributed by atoms with van der Waals surface area (Å²) in [6, 6.07) is 0.724. The molecule has 2 heteroatoms. The van der Waals surface area contributed by atoms with Gasteiger partial charge in [0.2, 0.25) is 0 Å². The normalized spacial score (nSPS) is 22.5. The molecule has 1 aliphatic rings. The van der Waals surface area contributed by atoms with Gasteiger partial charge >= 0.3 is 0 Å². The van der Waals surface area contributed by atoms with Crippen molar-refractivity contribution in [2.45, 2.75) is 46.1 Å². The van der Waals surface area contributed by atoms with Crippen LogP contribution in [0.15, 0.2) is 0 Å². The van der Waals surface area contributed by atoms with E-state index in [1.165, 1.54) is 38.9 Å². The minimum atomic E-state index is 0.724. The molecule has 14 heavy (non-hydrogen) atoms. The van der Waals surface area contributed by atoms with Crippen LogP contribution in [0.1, 0.15) is 40.0 Å². The Morgan fingerprint density at radius 2 is 1.79 bits per heavy atom. The first kappa shape index (κ1) is 12.0. The third-order valence-electron chi connectivity index (χ3n) is 3.39. The summed E-state index contributed by atoms with van der Waals surface area (Å²) < 4.78 is 0. The maximum absolute atomic E-state index is 3.57. The second-order valence-corrected chi connectivity index (χ2v) is 4.76. The zero-order valence-electron chi connectivity index (χ0n) is 10.1. The molecule has 0 radical (unpaired) electrons. The molecule has 0 aromatic heterocycles. The van der Waals surface area contributed by atoms with Crippen molar-refractivity contribution in [2.24, 2.45) is 5.92 Å². The molecule has 1 N–H and O–H groups in total. The molecular formula is C12H26N2. The van der Waals surface area contributed by atoms with Crippen LogP contribution in [0.3, 0.4) is 0 Å². The summed E-state index contributed by atoms with van der Waals surface area (Å²) in [6.45, 7) is 11.9. The van der Waals surface area contributed by atoms with Crippen LogP contribution < -0.4 is 5.32 Å². The fourth-order valence-corrected chi connectivity index (χ4v) is 1.99. The first-order valence-corrected chi connectivity index (χ1v) is 6.18. The Labute approximate surface area is 89.1 Å². The zero-order valence-corrected chi connectivity index (χ0v) is 10.1. The van der Waals surface area contributed by atoms with Gasteiger partial charge in [0.1, 0.15) is 0 Å². The topological polar surface area (TPSA) is 15.3 Å². The van der Waals surface area contributed by atoms with Gasteiger partial charge in [0.25, 0.3) is 0 Å². The largest absolute Gasteiger partial charge is 0.315 e. The van der Waals surface area contributed by atoms with Gasteiger partial charge in [0.15, 0.2) is 0 Å². The fourth-order valence-electron chi connectivity index (χ4n) is 1.99. The average Bonchev–Trinajstić information content (AvgIpc) is 2.70. The SMILES string of the molecule is CCC(C)CNCC(C)N1CCCC1. The van der Waals surface area contributed by atoms with Gasteiger partial charge in [-0.05, 0) is 45.3 Å². The van der Waals surface area contributed by atoms with Crippen molar-refractivity contribution in [2.75, 3.05) is 26.2 Å². The van der Waals surface area contributed by atoms with Crippen LogP contribution in [-0.2, 0) is 0 Å². The maximum Gasteiger partial charge on any atom is 0.0192 e. The molecule has 1 heterocycles. The van der Waals surface area contributed by atoms with Gasteiger partial charge in [-0.2, -0.15) is 0 Å².